The minimum absolute atomic E-state index is 0.302. The van der Waals surface area contributed by atoms with Crippen LogP contribution in [0.1, 0.15) is 23.1 Å². The highest BCUT2D eigenvalue weighted by Gasteiger charge is 2.40. The monoisotopic (exact) mass is 434 g/mol. The number of benzene rings is 3. The van der Waals surface area contributed by atoms with E-state index in [1.165, 1.54) is 0 Å². The number of hydrogen-bond donors (Lipinski definition) is 1. The molecule has 0 aromatic heterocycles. The Morgan fingerprint density at radius 3 is 1.75 bits per heavy atom. The van der Waals surface area contributed by atoms with E-state index in [4.69, 9.17) is 18.9 Å². The molecule has 0 radical (unpaired) electrons. The lowest BCUT2D eigenvalue weighted by Crippen LogP contribution is -2.52. The smallest absolute Gasteiger partial charge is 0.157 e. The van der Waals surface area contributed by atoms with E-state index in [0.29, 0.717) is 32.8 Å². The van der Waals surface area contributed by atoms with Gasteiger partial charge < -0.3 is 24.1 Å². The molecule has 4 atom stereocenters. The second kappa shape index (κ2) is 11.9. The van der Waals surface area contributed by atoms with E-state index in [2.05, 4.69) is 0 Å². The summed E-state index contributed by atoms with van der Waals surface area (Å²) >= 11 is 0. The normalized spacial score (nSPS) is 23.2. The zero-order valence-electron chi connectivity index (χ0n) is 18.1. The molecule has 0 aliphatic carbocycles. The van der Waals surface area contributed by atoms with Gasteiger partial charge in [0.2, 0.25) is 0 Å². The summed E-state index contributed by atoms with van der Waals surface area (Å²) < 4.78 is 24.3. The Kier molecular flexibility index (Phi) is 8.42. The van der Waals surface area contributed by atoms with E-state index >= 15 is 0 Å². The van der Waals surface area contributed by atoms with Crippen LogP contribution in [0.4, 0.5) is 0 Å². The molecule has 0 saturated carbocycles. The van der Waals surface area contributed by atoms with Crippen molar-refractivity contribution in [3.05, 3.63) is 108 Å². The van der Waals surface area contributed by atoms with Crippen molar-refractivity contribution < 1.29 is 24.1 Å². The van der Waals surface area contributed by atoms with Gasteiger partial charge in [-0.15, -0.1) is 0 Å². The summed E-state index contributed by atoms with van der Waals surface area (Å²) in [7, 11) is 0. The molecule has 0 spiro atoms. The van der Waals surface area contributed by atoms with Gasteiger partial charge in [-0.3, -0.25) is 0 Å². The summed E-state index contributed by atoms with van der Waals surface area (Å²) in [6, 6.07) is 30.0. The first-order chi connectivity index (χ1) is 15.8. The lowest BCUT2D eigenvalue weighted by molar-refractivity contribution is -0.265. The van der Waals surface area contributed by atoms with Crippen LogP contribution in [-0.4, -0.2) is 36.3 Å². The molecule has 32 heavy (non-hydrogen) atoms. The van der Waals surface area contributed by atoms with Crippen molar-refractivity contribution in [2.75, 3.05) is 6.61 Å². The summed E-state index contributed by atoms with van der Waals surface area (Å²) in [5, 5.41) is 10.4. The molecular formula is C27H30O5. The Balaban J connectivity index is 1.42. The van der Waals surface area contributed by atoms with Crippen molar-refractivity contribution in [3.8, 4) is 0 Å². The number of aliphatic hydroxyl groups is 1. The number of aliphatic hydroxyl groups excluding tert-OH is 1. The van der Waals surface area contributed by atoms with Crippen LogP contribution in [0.25, 0.3) is 0 Å². The van der Waals surface area contributed by atoms with Crippen LogP contribution in [0.3, 0.4) is 0 Å². The quantitative estimate of drug-likeness (QED) is 0.510. The van der Waals surface area contributed by atoms with Gasteiger partial charge in [-0.1, -0.05) is 91.0 Å². The van der Waals surface area contributed by atoms with Crippen LogP contribution >= 0.6 is 0 Å². The molecule has 5 nitrogen and oxygen atoms in total. The van der Waals surface area contributed by atoms with E-state index in [9.17, 15) is 5.11 Å². The third kappa shape index (κ3) is 6.73. The van der Waals surface area contributed by atoms with E-state index in [-0.39, 0.29) is 12.2 Å². The molecule has 0 amide bonds. The summed E-state index contributed by atoms with van der Waals surface area (Å²) in [6.45, 7) is 1.65. The fourth-order valence-corrected chi connectivity index (χ4v) is 3.83. The van der Waals surface area contributed by atoms with Crippen LogP contribution in [0, 0.1) is 0 Å². The van der Waals surface area contributed by atoms with Crippen LogP contribution in [0.5, 0.6) is 0 Å². The third-order valence-electron chi connectivity index (χ3n) is 5.48. The predicted molar refractivity (Wildman–Crippen MR) is 122 cm³/mol. The van der Waals surface area contributed by atoms with Crippen molar-refractivity contribution in [2.24, 2.45) is 0 Å². The van der Waals surface area contributed by atoms with Gasteiger partial charge in [-0.05, 0) is 16.7 Å². The average molecular weight is 435 g/mol. The third-order valence-corrected chi connectivity index (χ3v) is 5.48. The molecule has 1 aliphatic heterocycles. The fourth-order valence-electron chi connectivity index (χ4n) is 3.83. The van der Waals surface area contributed by atoms with Crippen LogP contribution in [0.2, 0.25) is 0 Å². The second-order valence-corrected chi connectivity index (χ2v) is 7.96. The molecule has 1 heterocycles. The van der Waals surface area contributed by atoms with Crippen LogP contribution in [0.15, 0.2) is 91.0 Å². The molecule has 0 bridgehead atoms. The first-order valence-corrected chi connectivity index (χ1v) is 11.0. The molecule has 5 heteroatoms. The van der Waals surface area contributed by atoms with E-state index < -0.39 is 12.4 Å². The Morgan fingerprint density at radius 2 is 1.19 bits per heavy atom. The molecule has 3 aromatic carbocycles. The number of ether oxygens (including phenoxy) is 4. The van der Waals surface area contributed by atoms with Gasteiger partial charge in [-0.25, -0.2) is 0 Å². The van der Waals surface area contributed by atoms with Gasteiger partial charge in [0.25, 0.3) is 0 Å². The van der Waals surface area contributed by atoms with Gasteiger partial charge in [0, 0.05) is 6.42 Å². The molecule has 1 saturated heterocycles. The minimum Gasteiger partial charge on any atom is -0.374 e. The van der Waals surface area contributed by atoms with Gasteiger partial charge in [0.15, 0.2) is 6.29 Å². The standard InChI is InChI=1S/C27H30O5/c28-26-16-24(30-18-22-12-6-2-7-13-22)27(31-19-23-14-8-3-9-15-23)25(32-26)20-29-17-21-10-4-1-5-11-21/h1-15,24-28H,16-20H2/t24-,25-,26+,27-/m1/s1. The first kappa shape index (κ1) is 22.6. The Bertz CT molecular complexity index is 903. The van der Waals surface area contributed by atoms with E-state index in [0.717, 1.165) is 16.7 Å². The molecule has 1 aliphatic rings. The molecule has 1 fully saturated rings. The maximum absolute atomic E-state index is 10.4. The molecular weight excluding hydrogens is 404 g/mol. The predicted octanol–water partition coefficient (Wildman–Crippen LogP) is 4.48. The maximum atomic E-state index is 10.4. The molecule has 1 N–H and O–H groups in total. The summed E-state index contributed by atoms with van der Waals surface area (Å²) in [5.74, 6) is 0. The molecule has 0 unspecified atom stereocenters. The van der Waals surface area contributed by atoms with Crippen molar-refractivity contribution in [2.45, 2.75) is 50.8 Å². The van der Waals surface area contributed by atoms with Gasteiger partial charge >= 0.3 is 0 Å². The van der Waals surface area contributed by atoms with Crippen molar-refractivity contribution in [1.82, 2.24) is 0 Å². The number of hydrogen-bond acceptors (Lipinski definition) is 5. The average Bonchev–Trinajstić information content (AvgIpc) is 2.84. The lowest BCUT2D eigenvalue weighted by Gasteiger charge is -2.39. The molecule has 3 aromatic rings. The largest absolute Gasteiger partial charge is 0.374 e. The Labute approximate surface area is 189 Å². The highest BCUT2D eigenvalue weighted by Crippen LogP contribution is 2.27. The number of rotatable bonds is 10. The Morgan fingerprint density at radius 1 is 0.688 bits per heavy atom. The second-order valence-electron chi connectivity index (χ2n) is 7.96. The lowest BCUT2D eigenvalue weighted by atomic mass is 10.0. The van der Waals surface area contributed by atoms with Crippen molar-refractivity contribution in [1.29, 1.82) is 0 Å². The minimum atomic E-state index is -0.919. The van der Waals surface area contributed by atoms with Crippen molar-refractivity contribution in [3.63, 3.8) is 0 Å². The van der Waals surface area contributed by atoms with Gasteiger partial charge in [0.1, 0.15) is 12.2 Å². The van der Waals surface area contributed by atoms with Crippen LogP contribution < -0.4 is 0 Å². The highest BCUT2D eigenvalue weighted by molar-refractivity contribution is 5.15. The summed E-state index contributed by atoms with van der Waals surface area (Å²) in [4.78, 5) is 0. The zero-order valence-corrected chi connectivity index (χ0v) is 18.1. The summed E-state index contributed by atoms with van der Waals surface area (Å²) in [5.41, 5.74) is 3.24. The first-order valence-electron chi connectivity index (χ1n) is 11.0. The maximum Gasteiger partial charge on any atom is 0.157 e. The van der Waals surface area contributed by atoms with E-state index in [1.54, 1.807) is 0 Å². The SMILES string of the molecule is O[C@@H]1C[C@@H](OCc2ccccc2)[C@@H](OCc2ccccc2)[C@@H](COCc2ccccc2)O1. The highest BCUT2D eigenvalue weighted by atomic mass is 16.6. The Hall–Kier alpha value is -2.54. The van der Waals surface area contributed by atoms with E-state index in [1.807, 2.05) is 91.0 Å². The topological polar surface area (TPSA) is 57.2 Å². The zero-order chi connectivity index (χ0) is 22.0. The van der Waals surface area contributed by atoms with Gasteiger partial charge in [-0.2, -0.15) is 0 Å². The fraction of sp³-hybridized carbons (Fsp3) is 0.333. The summed E-state index contributed by atoms with van der Waals surface area (Å²) in [6.07, 6.45) is -1.68. The molecule has 4 rings (SSSR count). The molecule has 168 valence electrons. The van der Waals surface area contributed by atoms with Gasteiger partial charge in [0.05, 0.1) is 32.5 Å². The van der Waals surface area contributed by atoms with Crippen molar-refractivity contribution >= 4 is 0 Å². The van der Waals surface area contributed by atoms with Crippen LogP contribution in [-0.2, 0) is 38.8 Å².